The number of hydrogen-bond acceptors (Lipinski definition) is 2. The Hall–Kier alpha value is -2.62. The Morgan fingerprint density at radius 1 is 1.05 bits per heavy atom. The van der Waals surface area contributed by atoms with Crippen LogP contribution in [0.15, 0.2) is 60.9 Å². The summed E-state index contributed by atoms with van der Waals surface area (Å²) in [6.45, 7) is 0. The first-order chi connectivity index (χ1) is 9.25. The molecular formula is C15H12FN3. The number of hydrogen-bond donors (Lipinski definition) is 1. The largest absolute Gasteiger partial charge is 0.399 e. The van der Waals surface area contributed by atoms with Crippen molar-refractivity contribution in [1.29, 1.82) is 0 Å². The second-order valence-electron chi connectivity index (χ2n) is 4.20. The molecule has 0 aliphatic rings. The molecule has 94 valence electrons. The van der Waals surface area contributed by atoms with Gasteiger partial charge in [-0.25, -0.2) is 9.37 Å². The minimum absolute atomic E-state index is 0.366. The minimum atomic E-state index is -0.366. The van der Waals surface area contributed by atoms with E-state index in [4.69, 9.17) is 5.73 Å². The zero-order chi connectivity index (χ0) is 13.2. The van der Waals surface area contributed by atoms with E-state index in [1.807, 2.05) is 30.3 Å². The molecule has 0 saturated heterocycles. The van der Waals surface area contributed by atoms with Gasteiger partial charge in [0, 0.05) is 23.6 Å². The van der Waals surface area contributed by atoms with Gasteiger partial charge >= 0.3 is 0 Å². The molecule has 0 saturated carbocycles. The zero-order valence-corrected chi connectivity index (χ0v) is 10.1. The maximum Gasteiger partial charge on any atom is 0.149 e. The van der Waals surface area contributed by atoms with Gasteiger partial charge in [0.05, 0.1) is 5.69 Å². The van der Waals surface area contributed by atoms with Crippen molar-refractivity contribution >= 4 is 5.69 Å². The summed E-state index contributed by atoms with van der Waals surface area (Å²) < 4.78 is 15.7. The van der Waals surface area contributed by atoms with Gasteiger partial charge in [-0.3, -0.25) is 4.57 Å². The Labute approximate surface area is 110 Å². The highest BCUT2D eigenvalue weighted by Gasteiger charge is 2.10. The molecule has 0 aliphatic heterocycles. The van der Waals surface area contributed by atoms with Crippen molar-refractivity contribution in [3.8, 4) is 17.1 Å². The van der Waals surface area contributed by atoms with Crippen LogP contribution >= 0.6 is 0 Å². The van der Waals surface area contributed by atoms with Crippen LogP contribution in [0.5, 0.6) is 0 Å². The third-order valence-electron chi connectivity index (χ3n) is 2.90. The third-order valence-corrected chi connectivity index (χ3v) is 2.90. The van der Waals surface area contributed by atoms with E-state index < -0.39 is 0 Å². The number of nitrogens with zero attached hydrogens (tertiary/aromatic N) is 2. The average molecular weight is 253 g/mol. The summed E-state index contributed by atoms with van der Waals surface area (Å²) in [6.07, 6.45) is 3.38. The van der Waals surface area contributed by atoms with Gasteiger partial charge in [0.15, 0.2) is 0 Å². The molecule has 0 amide bonds. The fraction of sp³-hybridized carbons (Fsp3) is 0. The van der Waals surface area contributed by atoms with E-state index in [-0.39, 0.29) is 5.82 Å². The van der Waals surface area contributed by atoms with E-state index in [1.165, 1.54) is 6.07 Å². The van der Waals surface area contributed by atoms with E-state index in [9.17, 15) is 4.39 Å². The molecular weight excluding hydrogens is 241 g/mol. The summed E-state index contributed by atoms with van der Waals surface area (Å²) in [5.74, 6) is 0.333. The Kier molecular flexibility index (Phi) is 2.76. The fourth-order valence-electron chi connectivity index (χ4n) is 2.02. The molecule has 0 spiro atoms. The molecule has 0 atom stereocenters. The van der Waals surface area contributed by atoms with Crippen molar-refractivity contribution in [3.05, 3.63) is 66.7 Å². The van der Waals surface area contributed by atoms with E-state index in [2.05, 4.69) is 4.98 Å². The molecule has 3 rings (SSSR count). The highest BCUT2D eigenvalue weighted by molar-refractivity contribution is 5.59. The normalized spacial score (nSPS) is 10.6. The van der Waals surface area contributed by atoms with Gasteiger partial charge in [-0.1, -0.05) is 30.3 Å². The lowest BCUT2D eigenvalue weighted by Crippen LogP contribution is -2.00. The lowest BCUT2D eigenvalue weighted by Gasteiger charge is -2.09. The minimum Gasteiger partial charge on any atom is -0.399 e. The number of benzene rings is 2. The van der Waals surface area contributed by atoms with Crippen LogP contribution in [-0.2, 0) is 0 Å². The second kappa shape index (κ2) is 4.57. The van der Waals surface area contributed by atoms with Crippen molar-refractivity contribution < 1.29 is 4.39 Å². The maximum absolute atomic E-state index is 14.0. The van der Waals surface area contributed by atoms with E-state index in [1.54, 1.807) is 29.1 Å². The summed E-state index contributed by atoms with van der Waals surface area (Å²) in [5.41, 5.74) is 7.34. The van der Waals surface area contributed by atoms with Crippen molar-refractivity contribution in [2.45, 2.75) is 0 Å². The highest BCUT2D eigenvalue weighted by Crippen LogP contribution is 2.23. The number of imidazole rings is 1. The second-order valence-corrected chi connectivity index (χ2v) is 4.20. The molecule has 0 fully saturated rings. The number of aromatic nitrogens is 2. The fourth-order valence-corrected chi connectivity index (χ4v) is 2.02. The smallest absolute Gasteiger partial charge is 0.149 e. The molecule has 1 aromatic heterocycles. The van der Waals surface area contributed by atoms with Crippen molar-refractivity contribution in [2.24, 2.45) is 0 Å². The van der Waals surface area contributed by atoms with Crippen LogP contribution in [0, 0.1) is 5.82 Å². The Morgan fingerprint density at radius 3 is 2.58 bits per heavy atom. The first-order valence-electron chi connectivity index (χ1n) is 5.90. The molecule has 19 heavy (non-hydrogen) atoms. The number of anilines is 1. The lowest BCUT2D eigenvalue weighted by molar-refractivity contribution is 0.619. The molecule has 1 heterocycles. The van der Waals surface area contributed by atoms with Crippen LogP contribution < -0.4 is 5.73 Å². The first-order valence-corrected chi connectivity index (χ1v) is 5.90. The monoisotopic (exact) mass is 253 g/mol. The Balaban J connectivity index is 2.15. The molecule has 0 bridgehead atoms. The third kappa shape index (κ3) is 2.08. The Morgan fingerprint density at radius 2 is 1.84 bits per heavy atom. The Bertz CT molecular complexity index is 704. The number of rotatable bonds is 2. The van der Waals surface area contributed by atoms with Gasteiger partial charge < -0.3 is 5.73 Å². The maximum atomic E-state index is 14.0. The SMILES string of the molecule is Nc1ccc(-n2ccnc2-c2ccccc2)c(F)c1. The van der Waals surface area contributed by atoms with Gasteiger partial charge in [-0.2, -0.15) is 0 Å². The quantitative estimate of drug-likeness (QED) is 0.712. The molecule has 0 aliphatic carbocycles. The van der Waals surface area contributed by atoms with Gasteiger partial charge in [0.2, 0.25) is 0 Å². The molecule has 2 N–H and O–H groups in total. The van der Waals surface area contributed by atoms with Crippen molar-refractivity contribution in [3.63, 3.8) is 0 Å². The van der Waals surface area contributed by atoms with E-state index >= 15 is 0 Å². The van der Waals surface area contributed by atoms with Gasteiger partial charge in [0.25, 0.3) is 0 Å². The number of nitrogen functional groups attached to an aromatic ring is 1. The van der Waals surface area contributed by atoms with Gasteiger partial charge in [0.1, 0.15) is 11.6 Å². The van der Waals surface area contributed by atoms with Crippen LogP contribution in [0.4, 0.5) is 10.1 Å². The molecule has 3 nitrogen and oxygen atoms in total. The van der Waals surface area contributed by atoms with Crippen LogP contribution in [0.1, 0.15) is 0 Å². The summed E-state index contributed by atoms with van der Waals surface area (Å²) >= 11 is 0. The van der Waals surface area contributed by atoms with Gasteiger partial charge in [-0.05, 0) is 18.2 Å². The number of nitrogens with two attached hydrogens (primary N) is 1. The van der Waals surface area contributed by atoms with Crippen LogP contribution in [0.3, 0.4) is 0 Å². The standard InChI is InChI=1S/C15H12FN3/c16-13-10-12(17)6-7-14(13)19-9-8-18-15(19)11-4-2-1-3-5-11/h1-10H,17H2. The zero-order valence-electron chi connectivity index (χ0n) is 10.1. The van der Waals surface area contributed by atoms with Crippen molar-refractivity contribution in [2.75, 3.05) is 5.73 Å². The predicted molar refractivity (Wildman–Crippen MR) is 73.4 cm³/mol. The molecule has 2 aromatic carbocycles. The summed E-state index contributed by atoms with van der Waals surface area (Å²) in [5, 5.41) is 0. The van der Waals surface area contributed by atoms with E-state index in [0.717, 1.165) is 5.56 Å². The van der Waals surface area contributed by atoms with Crippen LogP contribution in [0.2, 0.25) is 0 Å². The van der Waals surface area contributed by atoms with Crippen LogP contribution in [0.25, 0.3) is 17.1 Å². The summed E-state index contributed by atoms with van der Waals surface area (Å²) in [4.78, 5) is 4.29. The van der Waals surface area contributed by atoms with E-state index in [0.29, 0.717) is 17.2 Å². The molecule has 4 heteroatoms. The lowest BCUT2D eigenvalue weighted by atomic mass is 10.2. The van der Waals surface area contributed by atoms with Crippen molar-refractivity contribution in [1.82, 2.24) is 9.55 Å². The topological polar surface area (TPSA) is 43.8 Å². The number of halogens is 1. The average Bonchev–Trinajstić information content (AvgIpc) is 2.89. The molecule has 0 radical (unpaired) electrons. The highest BCUT2D eigenvalue weighted by atomic mass is 19.1. The van der Waals surface area contributed by atoms with Crippen LogP contribution in [-0.4, -0.2) is 9.55 Å². The summed E-state index contributed by atoms with van der Waals surface area (Å²) in [7, 11) is 0. The first kappa shape index (κ1) is 11.5. The summed E-state index contributed by atoms with van der Waals surface area (Å²) in [6, 6.07) is 14.3. The molecule has 3 aromatic rings. The van der Waals surface area contributed by atoms with Gasteiger partial charge in [-0.15, -0.1) is 0 Å². The molecule has 0 unspecified atom stereocenters. The predicted octanol–water partition coefficient (Wildman–Crippen LogP) is 3.26.